The maximum absolute atomic E-state index is 12.7. The second kappa shape index (κ2) is 8.17. The molecule has 1 fully saturated rings. The van der Waals surface area contributed by atoms with E-state index in [9.17, 15) is 19.7 Å². The Kier molecular flexibility index (Phi) is 5.43. The first-order valence-corrected chi connectivity index (χ1v) is 9.95. The van der Waals surface area contributed by atoms with Gasteiger partial charge in [0, 0.05) is 28.3 Å². The summed E-state index contributed by atoms with van der Waals surface area (Å²) in [6.45, 7) is -0.173. The predicted octanol–water partition coefficient (Wildman–Crippen LogP) is 5.74. The second-order valence-corrected chi connectivity index (χ2v) is 7.79. The van der Waals surface area contributed by atoms with Crippen molar-refractivity contribution in [3.63, 3.8) is 0 Å². The largest absolute Gasteiger partial charge is 0.457 e. The van der Waals surface area contributed by atoms with Gasteiger partial charge in [-0.05, 0) is 48.2 Å². The van der Waals surface area contributed by atoms with Crippen molar-refractivity contribution >= 4 is 46.3 Å². The fourth-order valence-electron chi connectivity index (χ4n) is 2.96. The van der Waals surface area contributed by atoms with Crippen LogP contribution in [0.15, 0.2) is 70.0 Å². The maximum Gasteiger partial charge on any atom is 0.293 e. The Balaban J connectivity index is 1.55. The lowest BCUT2D eigenvalue weighted by atomic mass is 10.1. The van der Waals surface area contributed by atoms with E-state index in [-0.39, 0.29) is 22.7 Å². The molecule has 0 atom stereocenters. The monoisotopic (exact) mass is 440 g/mol. The lowest BCUT2D eigenvalue weighted by Crippen LogP contribution is -2.27. The van der Waals surface area contributed by atoms with Gasteiger partial charge in [0.15, 0.2) is 0 Å². The van der Waals surface area contributed by atoms with E-state index in [0.29, 0.717) is 16.5 Å². The van der Waals surface area contributed by atoms with Gasteiger partial charge in [-0.25, -0.2) is 0 Å². The van der Waals surface area contributed by atoms with Crippen molar-refractivity contribution in [1.29, 1.82) is 0 Å². The van der Waals surface area contributed by atoms with Gasteiger partial charge >= 0.3 is 0 Å². The van der Waals surface area contributed by atoms with E-state index >= 15 is 0 Å². The number of para-hydroxylation sites is 1. The van der Waals surface area contributed by atoms with Crippen LogP contribution in [0.25, 0.3) is 17.4 Å². The highest BCUT2D eigenvalue weighted by Crippen LogP contribution is 2.35. The third-order valence-corrected chi connectivity index (χ3v) is 5.58. The highest BCUT2D eigenvalue weighted by atomic mass is 35.5. The average molecular weight is 441 g/mol. The van der Waals surface area contributed by atoms with Crippen molar-refractivity contribution in [3.8, 4) is 11.3 Å². The standard InChI is InChI=1S/C21H13ClN2O5S/c22-15-7-5-13(6-8-15)18-10-9-16(29-18)11-19-20(25)23(21(26)30-19)12-14-3-1-2-4-17(14)24(27)28/h1-11H,12H2/b19-11-. The Morgan fingerprint density at radius 1 is 1.07 bits per heavy atom. The number of amides is 2. The Hall–Kier alpha value is -3.36. The minimum atomic E-state index is -0.536. The fraction of sp³-hybridized carbons (Fsp3) is 0.0476. The summed E-state index contributed by atoms with van der Waals surface area (Å²) in [5.41, 5.74) is 0.969. The van der Waals surface area contributed by atoms with Crippen LogP contribution in [-0.4, -0.2) is 21.0 Å². The third-order valence-electron chi connectivity index (χ3n) is 4.42. The molecule has 2 heterocycles. The van der Waals surface area contributed by atoms with Gasteiger partial charge in [0.25, 0.3) is 16.8 Å². The zero-order valence-corrected chi connectivity index (χ0v) is 16.9. The lowest BCUT2D eigenvalue weighted by Gasteiger charge is -2.12. The van der Waals surface area contributed by atoms with Crippen LogP contribution in [0.1, 0.15) is 11.3 Å². The summed E-state index contributed by atoms with van der Waals surface area (Å²) in [7, 11) is 0. The molecular formula is C21H13ClN2O5S. The second-order valence-electron chi connectivity index (χ2n) is 6.36. The molecule has 0 saturated carbocycles. The summed E-state index contributed by atoms with van der Waals surface area (Å²) in [6, 6.07) is 16.6. The van der Waals surface area contributed by atoms with Gasteiger partial charge in [0.1, 0.15) is 11.5 Å². The Morgan fingerprint density at radius 3 is 2.53 bits per heavy atom. The number of thioether (sulfide) groups is 1. The molecule has 0 bridgehead atoms. The molecule has 9 heteroatoms. The van der Waals surface area contributed by atoms with Gasteiger partial charge in [-0.1, -0.05) is 29.8 Å². The number of imide groups is 1. The van der Waals surface area contributed by atoms with E-state index in [1.807, 2.05) is 12.1 Å². The van der Waals surface area contributed by atoms with Crippen LogP contribution < -0.4 is 0 Å². The number of carbonyl (C=O) groups is 2. The summed E-state index contributed by atoms with van der Waals surface area (Å²) in [5, 5.41) is 11.3. The minimum Gasteiger partial charge on any atom is -0.457 e. The van der Waals surface area contributed by atoms with Crippen LogP contribution in [0.4, 0.5) is 10.5 Å². The Morgan fingerprint density at radius 2 is 1.80 bits per heavy atom. The van der Waals surface area contributed by atoms with Crippen molar-refractivity contribution in [2.75, 3.05) is 0 Å². The number of nitro benzene ring substituents is 1. The molecule has 1 aliphatic rings. The normalized spacial score (nSPS) is 15.2. The molecule has 1 saturated heterocycles. The summed E-state index contributed by atoms with van der Waals surface area (Å²) in [4.78, 5) is 36.9. The SMILES string of the molecule is O=C1S/C(=C\c2ccc(-c3ccc(Cl)cc3)o2)C(=O)N1Cc1ccccc1[N+](=O)[O-]. The predicted molar refractivity (Wildman–Crippen MR) is 114 cm³/mol. The number of benzene rings is 2. The zero-order chi connectivity index (χ0) is 21.3. The zero-order valence-electron chi connectivity index (χ0n) is 15.3. The van der Waals surface area contributed by atoms with Crippen LogP contribution in [0.3, 0.4) is 0 Å². The molecule has 2 aromatic carbocycles. The van der Waals surface area contributed by atoms with E-state index in [2.05, 4.69) is 0 Å². The molecule has 1 aliphatic heterocycles. The number of carbonyl (C=O) groups excluding carboxylic acids is 2. The van der Waals surface area contributed by atoms with E-state index in [1.54, 1.807) is 30.3 Å². The van der Waals surface area contributed by atoms with Crippen molar-refractivity contribution in [2.45, 2.75) is 6.54 Å². The molecule has 4 rings (SSSR count). The first-order chi connectivity index (χ1) is 14.4. The lowest BCUT2D eigenvalue weighted by molar-refractivity contribution is -0.385. The highest BCUT2D eigenvalue weighted by molar-refractivity contribution is 8.18. The van der Waals surface area contributed by atoms with Gasteiger partial charge in [0.05, 0.1) is 16.4 Å². The molecule has 7 nitrogen and oxygen atoms in total. The summed E-state index contributed by atoms with van der Waals surface area (Å²) in [5.74, 6) is 0.487. The van der Waals surface area contributed by atoms with Gasteiger partial charge in [-0.15, -0.1) is 0 Å². The summed E-state index contributed by atoms with van der Waals surface area (Å²) >= 11 is 6.66. The summed E-state index contributed by atoms with van der Waals surface area (Å²) in [6.07, 6.45) is 1.49. The molecule has 0 unspecified atom stereocenters. The number of hydrogen-bond donors (Lipinski definition) is 0. The third kappa shape index (κ3) is 4.00. The number of nitrogens with zero attached hydrogens (tertiary/aromatic N) is 2. The number of nitro groups is 1. The van der Waals surface area contributed by atoms with E-state index < -0.39 is 16.1 Å². The average Bonchev–Trinajstić information content (AvgIpc) is 3.29. The van der Waals surface area contributed by atoms with Gasteiger partial charge in [0.2, 0.25) is 0 Å². The summed E-state index contributed by atoms with van der Waals surface area (Å²) < 4.78 is 5.76. The topological polar surface area (TPSA) is 93.7 Å². The van der Waals surface area contributed by atoms with Gasteiger partial charge < -0.3 is 4.42 Å². The Bertz CT molecular complexity index is 1190. The molecular weight excluding hydrogens is 428 g/mol. The van der Waals surface area contributed by atoms with Crippen LogP contribution in [-0.2, 0) is 11.3 Å². The van der Waals surface area contributed by atoms with E-state index in [4.69, 9.17) is 16.0 Å². The van der Waals surface area contributed by atoms with Crippen molar-refractivity contribution in [3.05, 3.63) is 92.0 Å². The van der Waals surface area contributed by atoms with Crippen LogP contribution >= 0.6 is 23.4 Å². The highest BCUT2D eigenvalue weighted by Gasteiger charge is 2.36. The maximum atomic E-state index is 12.7. The first kappa shape index (κ1) is 19.9. The first-order valence-electron chi connectivity index (χ1n) is 8.76. The smallest absolute Gasteiger partial charge is 0.293 e. The number of halogens is 1. The quantitative estimate of drug-likeness (QED) is 0.285. The van der Waals surface area contributed by atoms with E-state index in [1.165, 1.54) is 24.3 Å². The van der Waals surface area contributed by atoms with Crippen molar-refractivity contribution in [1.82, 2.24) is 4.90 Å². The van der Waals surface area contributed by atoms with Crippen LogP contribution in [0.5, 0.6) is 0 Å². The molecule has 0 N–H and O–H groups in total. The molecule has 0 radical (unpaired) electrons. The molecule has 150 valence electrons. The Labute approximate surface area is 180 Å². The van der Waals surface area contributed by atoms with Gasteiger partial charge in [-0.3, -0.25) is 24.6 Å². The minimum absolute atomic E-state index is 0.140. The van der Waals surface area contributed by atoms with Crippen molar-refractivity contribution < 1.29 is 18.9 Å². The molecule has 30 heavy (non-hydrogen) atoms. The molecule has 2 amide bonds. The number of rotatable bonds is 5. The fourth-order valence-corrected chi connectivity index (χ4v) is 3.90. The number of hydrogen-bond acceptors (Lipinski definition) is 6. The van der Waals surface area contributed by atoms with Crippen LogP contribution in [0, 0.1) is 10.1 Å². The van der Waals surface area contributed by atoms with E-state index in [0.717, 1.165) is 22.2 Å². The molecule has 1 aromatic heterocycles. The van der Waals surface area contributed by atoms with Crippen molar-refractivity contribution in [2.24, 2.45) is 0 Å². The van der Waals surface area contributed by atoms with Gasteiger partial charge in [-0.2, -0.15) is 0 Å². The molecule has 0 spiro atoms. The molecule has 0 aliphatic carbocycles. The van der Waals surface area contributed by atoms with Crippen LogP contribution in [0.2, 0.25) is 5.02 Å². The molecule has 3 aromatic rings. The number of furan rings is 1.